The first kappa shape index (κ1) is 53.4. The van der Waals surface area contributed by atoms with Gasteiger partial charge in [0.15, 0.2) is 0 Å². The zero-order valence-electron chi connectivity index (χ0n) is 39.3. The molecule has 0 radical (unpaired) electrons. The summed E-state index contributed by atoms with van der Waals surface area (Å²) in [4.78, 5) is 46.1. The van der Waals surface area contributed by atoms with E-state index < -0.39 is 0 Å². The molecule has 2 unspecified atom stereocenters. The second kappa shape index (κ2) is 31.1. The summed E-state index contributed by atoms with van der Waals surface area (Å²) in [7, 11) is 8.74. The molecule has 2 saturated heterocycles. The number of likely N-dealkylation sites (N-methyl/N-ethyl adjacent to an activating group) is 1. The summed E-state index contributed by atoms with van der Waals surface area (Å²) in [6, 6.07) is 23.5. The number of amides is 3. The maximum atomic E-state index is 12.5. The summed E-state index contributed by atoms with van der Waals surface area (Å²) in [6.45, 7) is 12.4. The third-order valence-corrected chi connectivity index (χ3v) is 11.0. The van der Waals surface area contributed by atoms with Gasteiger partial charge in [0, 0.05) is 71.5 Å². The molecule has 62 heavy (non-hydrogen) atoms. The molecule has 2 aliphatic carbocycles. The first-order valence-electron chi connectivity index (χ1n) is 22.6. The molecule has 3 fully saturated rings. The van der Waals surface area contributed by atoms with Gasteiger partial charge >= 0.3 is 0 Å². The van der Waals surface area contributed by atoms with E-state index in [0.717, 1.165) is 31.6 Å². The van der Waals surface area contributed by atoms with Crippen LogP contribution in [0, 0.1) is 0 Å². The normalized spacial score (nSPS) is 18.8. The first-order valence-corrected chi connectivity index (χ1v) is 22.6. The molecule has 12 heteroatoms. The second-order valence-electron chi connectivity index (χ2n) is 16.2. The van der Waals surface area contributed by atoms with Crippen LogP contribution in [0.2, 0.25) is 0 Å². The Balaban J connectivity index is 0.000000631. The maximum Gasteiger partial charge on any atom is 0.242 e. The van der Waals surface area contributed by atoms with E-state index in [-0.39, 0.29) is 25.0 Å². The number of aldehydes is 1. The van der Waals surface area contributed by atoms with Crippen LogP contribution in [0.5, 0.6) is 0 Å². The van der Waals surface area contributed by atoms with Crippen molar-refractivity contribution >= 4 is 36.4 Å². The third kappa shape index (κ3) is 16.8. The van der Waals surface area contributed by atoms with Crippen LogP contribution < -0.4 is 21.3 Å². The van der Waals surface area contributed by atoms with Crippen molar-refractivity contribution in [3.8, 4) is 22.3 Å². The molecule has 4 N–H and O–H groups in total. The highest BCUT2D eigenvalue weighted by Crippen LogP contribution is 2.58. The van der Waals surface area contributed by atoms with E-state index in [1.807, 2.05) is 4.90 Å². The van der Waals surface area contributed by atoms with Crippen molar-refractivity contribution in [1.82, 2.24) is 20.4 Å². The van der Waals surface area contributed by atoms with Gasteiger partial charge in [0.1, 0.15) is 6.29 Å². The van der Waals surface area contributed by atoms with Crippen molar-refractivity contribution < 1.29 is 28.7 Å². The highest BCUT2D eigenvalue weighted by molar-refractivity contribution is 5.82. The fourth-order valence-corrected chi connectivity index (χ4v) is 8.47. The van der Waals surface area contributed by atoms with Gasteiger partial charge < -0.3 is 45.3 Å². The smallest absolute Gasteiger partial charge is 0.242 e. The Labute approximate surface area is 373 Å². The number of methoxy groups -OCH3 is 2. The minimum Gasteiger partial charge on any atom is -0.388 e. The molecule has 0 spiro atoms. The molecule has 344 valence electrons. The molecule has 4 aliphatic rings. The number of fused-ring (bicyclic) bond motifs is 5. The lowest BCUT2D eigenvalue weighted by atomic mass is 9.81. The number of carbonyl (C=O) groups is 4. The van der Waals surface area contributed by atoms with Crippen LogP contribution in [-0.2, 0) is 28.7 Å². The molecule has 2 heterocycles. The van der Waals surface area contributed by atoms with Crippen LogP contribution in [0.25, 0.3) is 22.3 Å². The van der Waals surface area contributed by atoms with E-state index in [0.29, 0.717) is 43.5 Å². The van der Waals surface area contributed by atoms with Gasteiger partial charge in [-0.1, -0.05) is 76.9 Å². The van der Waals surface area contributed by atoms with Gasteiger partial charge in [-0.3, -0.25) is 14.4 Å². The highest BCUT2D eigenvalue weighted by atomic mass is 16.5. The lowest BCUT2D eigenvalue weighted by molar-refractivity contribution is -0.131. The summed E-state index contributed by atoms with van der Waals surface area (Å²) in [5.74, 6) is 1.32. The van der Waals surface area contributed by atoms with Crippen LogP contribution in [0.15, 0.2) is 60.7 Å². The van der Waals surface area contributed by atoms with E-state index in [4.69, 9.17) is 0 Å². The third-order valence-electron chi connectivity index (χ3n) is 11.0. The van der Waals surface area contributed by atoms with Gasteiger partial charge in [-0.15, -0.1) is 0 Å². The minimum atomic E-state index is -0.0108. The number of nitrogens with one attached hydrogen (secondary N) is 4. The van der Waals surface area contributed by atoms with Gasteiger partial charge in [-0.2, -0.15) is 0 Å². The van der Waals surface area contributed by atoms with Gasteiger partial charge in [0.05, 0.1) is 13.1 Å². The molecule has 7 rings (SSSR count). The highest BCUT2D eigenvalue weighted by Gasteiger charge is 2.40. The Kier molecular flexibility index (Phi) is 26.8. The largest absolute Gasteiger partial charge is 0.388 e. The predicted molar refractivity (Wildman–Crippen MR) is 256 cm³/mol. The molecule has 3 aromatic carbocycles. The average Bonchev–Trinajstić information content (AvgIpc) is 4.11. The zero-order chi connectivity index (χ0) is 45.7. The number of nitrogens with zero attached hydrogens (tertiary/aromatic N) is 2. The monoisotopic (exact) mass is 859 g/mol. The van der Waals surface area contributed by atoms with Gasteiger partial charge in [0.25, 0.3) is 0 Å². The van der Waals surface area contributed by atoms with Crippen molar-refractivity contribution in [2.45, 2.75) is 109 Å². The number of hydrogen-bond acceptors (Lipinski definition) is 9. The van der Waals surface area contributed by atoms with Crippen LogP contribution in [0.3, 0.4) is 0 Å². The Hall–Kier alpha value is -4.78. The lowest BCUT2D eigenvalue weighted by Gasteiger charge is -2.25. The standard InChI is InChI=1S/C37H45N5O2.C3H5NO2.2C3H8.2C2H6O/c1-41-18-2-4-31(41)21-39-29-12-8-25(9-13-29)33-16-17-34(37-28-7-6-27(20-28)36(33)37)26-10-14-30(15-11-26)40-22-32-5-3-19-42(32)35(44)23-38-24-43;5-2-1-4-3-6;4*1-3-2/h8-17,24,27-28,31-32,39-40H,2-7,18-23H2,1H3,(H,38,43);2-3H,1H2,(H,4,6);2*3H2,1-2H3;2*1-2H3/t27?,28?,31-,32-;;;;;/m0...../s1. The molecule has 3 amide bonds. The summed E-state index contributed by atoms with van der Waals surface area (Å²) in [5, 5.41) is 11.9. The molecular formula is C50H78N6O6. The summed E-state index contributed by atoms with van der Waals surface area (Å²) in [6.07, 6.45) is 12.6. The molecule has 12 nitrogen and oxygen atoms in total. The van der Waals surface area contributed by atoms with Crippen LogP contribution in [0.4, 0.5) is 11.4 Å². The lowest BCUT2D eigenvalue weighted by Crippen LogP contribution is -2.43. The maximum absolute atomic E-state index is 12.5. The number of rotatable bonds is 14. The van der Waals surface area contributed by atoms with E-state index in [9.17, 15) is 19.2 Å². The SMILES string of the molecule is CCC.CCC.CN1CCC[C@H]1CNc1ccc(-c2ccc(-c3ccc(NC[C@@H]4CCCN4C(=O)CNC=O)cc3)c3c2C2CCC3C2)cc1.COC.COC.O=CCNC=O. The molecule has 4 atom stereocenters. The molecule has 2 aliphatic heterocycles. The number of anilines is 2. The zero-order valence-corrected chi connectivity index (χ0v) is 39.3. The number of likely N-dealkylation sites (tertiary alicyclic amines) is 2. The summed E-state index contributed by atoms with van der Waals surface area (Å²) >= 11 is 0. The van der Waals surface area contributed by atoms with Crippen molar-refractivity contribution in [2.24, 2.45) is 0 Å². The predicted octanol–water partition coefficient (Wildman–Crippen LogP) is 8.33. The van der Waals surface area contributed by atoms with Crippen LogP contribution >= 0.6 is 0 Å². The molecular weight excluding hydrogens is 781 g/mol. The molecule has 3 aromatic rings. The number of hydrogen-bond donors (Lipinski definition) is 4. The van der Waals surface area contributed by atoms with E-state index in [1.165, 1.54) is 79.4 Å². The van der Waals surface area contributed by atoms with E-state index in [1.54, 1.807) is 39.6 Å². The summed E-state index contributed by atoms with van der Waals surface area (Å²) < 4.78 is 8.50. The van der Waals surface area contributed by atoms with Crippen LogP contribution in [-0.4, -0.2) is 122 Å². The van der Waals surface area contributed by atoms with Crippen molar-refractivity contribution in [1.29, 1.82) is 0 Å². The minimum absolute atomic E-state index is 0.0108. The topological polar surface area (TPSA) is 141 Å². The Morgan fingerprint density at radius 2 is 1.08 bits per heavy atom. The van der Waals surface area contributed by atoms with Gasteiger partial charge in [-0.25, -0.2) is 0 Å². The van der Waals surface area contributed by atoms with Gasteiger partial charge in [-0.05, 0) is 128 Å². The number of carbonyl (C=O) groups excluding carboxylic acids is 4. The molecule has 2 bridgehead atoms. The van der Waals surface area contributed by atoms with Crippen molar-refractivity contribution in [2.75, 3.05) is 85.4 Å². The quantitative estimate of drug-likeness (QED) is 0.0931. The Morgan fingerprint density at radius 3 is 1.48 bits per heavy atom. The Morgan fingerprint density at radius 1 is 0.645 bits per heavy atom. The fraction of sp³-hybridized carbons (Fsp3) is 0.560. The number of ether oxygens (including phenoxy) is 2. The van der Waals surface area contributed by atoms with Crippen molar-refractivity contribution in [3.05, 3.63) is 71.8 Å². The van der Waals surface area contributed by atoms with Gasteiger partial charge in [0.2, 0.25) is 18.7 Å². The molecule has 0 aromatic heterocycles. The van der Waals surface area contributed by atoms with E-state index >= 15 is 0 Å². The van der Waals surface area contributed by atoms with Crippen LogP contribution in [0.1, 0.15) is 108 Å². The molecule has 1 saturated carbocycles. The second-order valence-corrected chi connectivity index (χ2v) is 16.2. The number of benzene rings is 3. The van der Waals surface area contributed by atoms with E-state index in [2.05, 4.69) is 131 Å². The Bertz CT molecular complexity index is 1690. The van der Waals surface area contributed by atoms with Crippen molar-refractivity contribution in [3.63, 3.8) is 0 Å². The average molecular weight is 859 g/mol. The first-order chi connectivity index (χ1) is 30.2. The fourth-order valence-electron chi connectivity index (χ4n) is 8.47. The summed E-state index contributed by atoms with van der Waals surface area (Å²) in [5.41, 5.74) is 10.8.